The molecule has 0 aliphatic rings. The van der Waals surface area contributed by atoms with Crippen molar-refractivity contribution >= 4 is 10.8 Å². The summed E-state index contributed by atoms with van der Waals surface area (Å²) in [4.78, 5) is 8.55. The van der Waals surface area contributed by atoms with Gasteiger partial charge in [0.15, 0.2) is 0 Å². The van der Waals surface area contributed by atoms with Crippen LogP contribution in [0.2, 0.25) is 0 Å². The van der Waals surface area contributed by atoms with Crippen molar-refractivity contribution < 1.29 is 0 Å². The number of nitrogens with zero attached hydrogens (tertiary/aromatic N) is 3. The van der Waals surface area contributed by atoms with Crippen LogP contribution in [-0.2, 0) is 7.05 Å². The minimum absolute atomic E-state index is 0.130. The summed E-state index contributed by atoms with van der Waals surface area (Å²) >= 11 is 0. The van der Waals surface area contributed by atoms with Crippen molar-refractivity contribution in [1.29, 1.82) is 0 Å². The maximum atomic E-state index is 4.29. The summed E-state index contributed by atoms with van der Waals surface area (Å²) in [5.41, 5.74) is 2.41. The fourth-order valence-corrected chi connectivity index (χ4v) is 2.70. The topological polar surface area (TPSA) is 42.7 Å². The first kappa shape index (κ1) is 13.8. The molecule has 4 heteroatoms. The molecule has 0 saturated carbocycles. The molecule has 21 heavy (non-hydrogen) atoms. The Labute approximate surface area is 124 Å². The predicted molar refractivity (Wildman–Crippen MR) is 85.1 cm³/mol. The molecule has 1 atom stereocenters. The quantitative estimate of drug-likeness (QED) is 0.781. The minimum atomic E-state index is 0.130. The van der Waals surface area contributed by atoms with Crippen LogP contribution in [0.5, 0.6) is 0 Å². The van der Waals surface area contributed by atoms with E-state index in [-0.39, 0.29) is 6.04 Å². The van der Waals surface area contributed by atoms with E-state index in [4.69, 9.17) is 0 Å². The van der Waals surface area contributed by atoms with Crippen molar-refractivity contribution in [2.24, 2.45) is 7.05 Å². The van der Waals surface area contributed by atoms with Gasteiger partial charge in [-0.1, -0.05) is 25.1 Å². The number of hydrogen-bond acceptors (Lipinski definition) is 3. The van der Waals surface area contributed by atoms with Crippen LogP contribution in [0.1, 0.15) is 30.6 Å². The van der Waals surface area contributed by atoms with Crippen LogP contribution < -0.4 is 5.32 Å². The zero-order valence-corrected chi connectivity index (χ0v) is 12.5. The highest BCUT2D eigenvalue weighted by Gasteiger charge is 2.18. The van der Waals surface area contributed by atoms with Crippen molar-refractivity contribution in [3.8, 4) is 0 Å². The van der Waals surface area contributed by atoms with Gasteiger partial charge < -0.3 is 9.88 Å². The molecule has 0 fully saturated rings. The summed E-state index contributed by atoms with van der Waals surface area (Å²) in [7, 11) is 2.03. The summed E-state index contributed by atoms with van der Waals surface area (Å²) in [6, 6.07) is 8.59. The van der Waals surface area contributed by atoms with Crippen molar-refractivity contribution in [2.75, 3.05) is 6.54 Å². The molecule has 2 heterocycles. The monoisotopic (exact) mass is 280 g/mol. The molecule has 1 N–H and O–H groups in total. The van der Waals surface area contributed by atoms with Crippen molar-refractivity contribution in [3.63, 3.8) is 0 Å². The SMILES string of the molecule is CCCNC(c1cccc2ccncc12)c1cncn1C. The average molecular weight is 280 g/mol. The molecule has 108 valence electrons. The van der Waals surface area contributed by atoms with Gasteiger partial charge in [0.05, 0.1) is 24.3 Å². The van der Waals surface area contributed by atoms with Gasteiger partial charge in [-0.05, 0) is 30.0 Å². The summed E-state index contributed by atoms with van der Waals surface area (Å²) in [5, 5.41) is 6.04. The average Bonchev–Trinajstić information content (AvgIpc) is 2.94. The van der Waals surface area contributed by atoms with E-state index < -0.39 is 0 Å². The number of rotatable bonds is 5. The minimum Gasteiger partial charge on any atom is -0.336 e. The van der Waals surface area contributed by atoms with Gasteiger partial charge in [0.1, 0.15) is 0 Å². The number of benzene rings is 1. The Bertz CT molecular complexity index is 727. The Hall–Kier alpha value is -2.20. The van der Waals surface area contributed by atoms with Crippen LogP contribution in [0.3, 0.4) is 0 Å². The van der Waals surface area contributed by atoms with Crippen LogP contribution in [-0.4, -0.2) is 21.1 Å². The van der Waals surface area contributed by atoms with E-state index in [0.29, 0.717) is 0 Å². The molecule has 0 aliphatic carbocycles. The zero-order valence-electron chi connectivity index (χ0n) is 12.5. The Morgan fingerprint density at radius 1 is 1.19 bits per heavy atom. The van der Waals surface area contributed by atoms with Gasteiger partial charge >= 0.3 is 0 Å². The Kier molecular flexibility index (Phi) is 3.97. The number of hydrogen-bond donors (Lipinski definition) is 1. The van der Waals surface area contributed by atoms with Crippen molar-refractivity contribution in [1.82, 2.24) is 19.9 Å². The van der Waals surface area contributed by atoms with Gasteiger partial charge in [0.2, 0.25) is 0 Å². The summed E-state index contributed by atoms with van der Waals surface area (Å²) in [6.45, 7) is 3.14. The normalized spacial score (nSPS) is 12.7. The number of nitrogens with one attached hydrogen (secondary N) is 1. The molecule has 0 radical (unpaired) electrons. The molecule has 4 nitrogen and oxygen atoms in total. The second kappa shape index (κ2) is 6.06. The third kappa shape index (κ3) is 2.67. The molecule has 3 rings (SSSR count). The zero-order chi connectivity index (χ0) is 14.7. The van der Waals surface area contributed by atoms with Crippen LogP contribution >= 0.6 is 0 Å². The second-order valence-corrected chi connectivity index (χ2v) is 5.26. The van der Waals surface area contributed by atoms with E-state index >= 15 is 0 Å². The molecular weight excluding hydrogens is 260 g/mol. The van der Waals surface area contributed by atoms with Gasteiger partial charge in [-0.25, -0.2) is 4.98 Å². The Morgan fingerprint density at radius 3 is 2.86 bits per heavy atom. The van der Waals surface area contributed by atoms with Crippen molar-refractivity contribution in [3.05, 3.63) is 60.4 Å². The largest absolute Gasteiger partial charge is 0.336 e. The first-order valence-electron chi connectivity index (χ1n) is 7.33. The molecule has 3 aromatic rings. The van der Waals surface area contributed by atoms with Gasteiger partial charge in [-0.3, -0.25) is 4.98 Å². The van der Waals surface area contributed by atoms with Crippen LogP contribution in [0.15, 0.2) is 49.2 Å². The van der Waals surface area contributed by atoms with Crippen LogP contribution in [0, 0.1) is 0 Å². The van der Waals surface area contributed by atoms with E-state index in [1.165, 1.54) is 22.0 Å². The molecule has 0 saturated heterocycles. The van der Waals surface area contributed by atoms with E-state index in [1.807, 2.05) is 32.0 Å². The number of pyridine rings is 1. The number of imidazole rings is 1. The molecule has 0 aliphatic heterocycles. The lowest BCUT2D eigenvalue weighted by Gasteiger charge is -2.21. The molecule has 2 aromatic heterocycles. The Morgan fingerprint density at radius 2 is 2.10 bits per heavy atom. The highest BCUT2D eigenvalue weighted by atomic mass is 15.1. The summed E-state index contributed by atoms with van der Waals surface area (Å²) in [6.07, 6.45) is 8.66. The maximum Gasteiger partial charge on any atom is 0.0946 e. The lowest BCUT2D eigenvalue weighted by Crippen LogP contribution is -2.25. The smallest absolute Gasteiger partial charge is 0.0946 e. The molecule has 1 unspecified atom stereocenters. The molecule has 0 spiro atoms. The van der Waals surface area contributed by atoms with E-state index in [9.17, 15) is 0 Å². The maximum absolute atomic E-state index is 4.29. The fourth-order valence-electron chi connectivity index (χ4n) is 2.70. The molecular formula is C17H20N4. The summed E-state index contributed by atoms with van der Waals surface area (Å²) in [5.74, 6) is 0. The number of aryl methyl sites for hydroxylation is 1. The van der Waals surface area contributed by atoms with Crippen LogP contribution in [0.4, 0.5) is 0 Å². The molecule has 0 amide bonds. The summed E-state index contributed by atoms with van der Waals surface area (Å²) < 4.78 is 2.07. The van der Waals surface area contributed by atoms with Gasteiger partial charge in [0, 0.05) is 24.8 Å². The first-order valence-corrected chi connectivity index (χ1v) is 7.33. The highest BCUT2D eigenvalue weighted by Crippen LogP contribution is 2.28. The third-order valence-electron chi connectivity index (χ3n) is 3.78. The lowest BCUT2D eigenvalue weighted by molar-refractivity contribution is 0.572. The van der Waals surface area contributed by atoms with Gasteiger partial charge in [-0.15, -0.1) is 0 Å². The number of fused-ring (bicyclic) bond motifs is 1. The third-order valence-corrected chi connectivity index (χ3v) is 3.78. The standard InChI is InChI=1S/C17H20N4/c1-3-8-20-17(16-11-19-12-21(16)2)14-6-4-5-13-7-9-18-10-15(13)14/h4-7,9-12,17,20H,3,8H2,1-2H3. The van der Waals surface area contributed by atoms with Gasteiger partial charge in [-0.2, -0.15) is 0 Å². The number of aromatic nitrogens is 3. The predicted octanol–water partition coefficient (Wildman–Crippen LogP) is 3.06. The van der Waals surface area contributed by atoms with E-state index in [2.05, 4.69) is 51.0 Å². The molecule has 1 aromatic carbocycles. The van der Waals surface area contributed by atoms with Crippen LogP contribution in [0.25, 0.3) is 10.8 Å². The van der Waals surface area contributed by atoms with Crippen molar-refractivity contribution in [2.45, 2.75) is 19.4 Å². The molecule has 0 bridgehead atoms. The van der Waals surface area contributed by atoms with E-state index in [1.54, 1.807) is 0 Å². The van der Waals surface area contributed by atoms with Gasteiger partial charge in [0.25, 0.3) is 0 Å². The van der Waals surface area contributed by atoms with E-state index in [0.717, 1.165) is 13.0 Å². The Balaban J connectivity index is 2.12. The first-order chi connectivity index (χ1) is 10.3. The fraction of sp³-hybridized carbons (Fsp3) is 0.294. The lowest BCUT2D eigenvalue weighted by atomic mass is 9.98. The second-order valence-electron chi connectivity index (χ2n) is 5.26. The highest BCUT2D eigenvalue weighted by molar-refractivity contribution is 5.85.